The highest BCUT2D eigenvalue weighted by Crippen LogP contribution is 2.33. The summed E-state index contributed by atoms with van der Waals surface area (Å²) in [7, 11) is 1.43. The van der Waals surface area contributed by atoms with Crippen molar-refractivity contribution >= 4 is 34.2 Å². The van der Waals surface area contributed by atoms with Gasteiger partial charge >= 0.3 is 0 Å². The summed E-state index contributed by atoms with van der Waals surface area (Å²) in [6, 6.07) is 2.97. The fraction of sp³-hybridized carbons (Fsp3) is 0.400. The minimum absolute atomic E-state index is 0.00157. The largest absolute Gasteiger partial charge is 0.496 e. The second-order valence-corrected chi connectivity index (χ2v) is 4.46. The van der Waals surface area contributed by atoms with Crippen LogP contribution in [0, 0.1) is 5.82 Å². The summed E-state index contributed by atoms with van der Waals surface area (Å²) < 4.78 is 19.4. The number of methoxy groups -OCH3 is 1. The quantitative estimate of drug-likeness (QED) is 0.670. The van der Waals surface area contributed by atoms with Crippen LogP contribution in [0.15, 0.2) is 12.1 Å². The molecule has 0 saturated carbocycles. The Morgan fingerprint density at radius 2 is 2.27 bits per heavy atom. The van der Waals surface area contributed by atoms with Crippen LogP contribution in [0.25, 0.3) is 0 Å². The van der Waals surface area contributed by atoms with Crippen molar-refractivity contribution in [2.45, 2.75) is 12.5 Å². The lowest BCUT2D eigenvalue weighted by Crippen LogP contribution is -2.04. The van der Waals surface area contributed by atoms with Gasteiger partial charge in [-0.1, -0.05) is 34.2 Å². The summed E-state index contributed by atoms with van der Waals surface area (Å²) in [5.41, 5.74) is 0.140. The summed E-state index contributed by atoms with van der Waals surface area (Å²) in [5.74, 6) is -0.275. The Morgan fingerprint density at radius 1 is 1.60 bits per heavy atom. The van der Waals surface area contributed by atoms with Gasteiger partial charge in [0.05, 0.1) is 23.8 Å². The predicted octanol–water partition coefficient (Wildman–Crippen LogP) is 3.35. The smallest absolute Gasteiger partial charge is 0.151 e. The fourth-order valence-electron chi connectivity index (χ4n) is 1.28. The minimum Gasteiger partial charge on any atom is -0.496 e. The Hall–Kier alpha value is -0.0700. The van der Waals surface area contributed by atoms with E-state index in [1.165, 1.54) is 13.2 Å². The molecular formula is C10H11ClFIO2. The van der Waals surface area contributed by atoms with Gasteiger partial charge in [0.1, 0.15) is 5.75 Å². The van der Waals surface area contributed by atoms with Gasteiger partial charge in [0.2, 0.25) is 0 Å². The maximum atomic E-state index is 13.6. The maximum absolute atomic E-state index is 13.6. The molecule has 0 fully saturated rings. The van der Waals surface area contributed by atoms with Crippen LogP contribution in [-0.2, 0) is 0 Å². The highest BCUT2D eigenvalue weighted by atomic mass is 127. The predicted molar refractivity (Wildman–Crippen MR) is 66.4 cm³/mol. The number of aliphatic hydroxyl groups excluding tert-OH is 1. The molecule has 0 amide bonds. The molecule has 1 N–H and O–H groups in total. The Kier molecular flexibility index (Phi) is 5.08. The average molecular weight is 345 g/mol. The van der Waals surface area contributed by atoms with Gasteiger partial charge < -0.3 is 9.84 Å². The number of rotatable bonds is 4. The monoisotopic (exact) mass is 344 g/mol. The first-order chi connectivity index (χ1) is 7.11. The summed E-state index contributed by atoms with van der Waals surface area (Å²) in [6.07, 6.45) is -0.413. The average Bonchev–Trinajstić information content (AvgIpc) is 2.22. The van der Waals surface area contributed by atoms with E-state index in [-0.39, 0.29) is 10.6 Å². The zero-order valence-electron chi connectivity index (χ0n) is 8.14. The second kappa shape index (κ2) is 5.86. The molecule has 1 aromatic rings. The molecule has 0 unspecified atom stereocenters. The van der Waals surface area contributed by atoms with E-state index in [2.05, 4.69) is 22.6 Å². The number of aliphatic hydroxyl groups is 1. The van der Waals surface area contributed by atoms with Crippen molar-refractivity contribution in [2.75, 3.05) is 11.5 Å². The van der Waals surface area contributed by atoms with Crippen molar-refractivity contribution in [1.82, 2.24) is 0 Å². The van der Waals surface area contributed by atoms with Crippen molar-refractivity contribution in [3.05, 3.63) is 28.5 Å². The summed E-state index contributed by atoms with van der Waals surface area (Å²) in [4.78, 5) is 0. The third-order valence-electron chi connectivity index (χ3n) is 2.03. The van der Waals surface area contributed by atoms with Crippen LogP contribution in [0.5, 0.6) is 5.75 Å². The van der Waals surface area contributed by atoms with E-state index >= 15 is 0 Å². The van der Waals surface area contributed by atoms with Crippen molar-refractivity contribution in [3.63, 3.8) is 0 Å². The molecule has 15 heavy (non-hydrogen) atoms. The molecule has 84 valence electrons. The lowest BCUT2D eigenvalue weighted by atomic mass is 10.1. The maximum Gasteiger partial charge on any atom is 0.151 e. The minimum atomic E-state index is -0.879. The molecule has 0 spiro atoms. The number of hydrogen-bond donors (Lipinski definition) is 1. The molecule has 0 saturated heterocycles. The first-order valence-electron chi connectivity index (χ1n) is 4.37. The Labute approximate surface area is 107 Å². The molecule has 0 aromatic heterocycles. The zero-order valence-corrected chi connectivity index (χ0v) is 11.0. The van der Waals surface area contributed by atoms with Gasteiger partial charge in [0, 0.05) is 4.43 Å². The van der Waals surface area contributed by atoms with Gasteiger partial charge in [0.25, 0.3) is 0 Å². The van der Waals surface area contributed by atoms with Gasteiger partial charge in [-0.15, -0.1) is 0 Å². The number of ether oxygens (including phenoxy) is 1. The topological polar surface area (TPSA) is 29.5 Å². The number of hydrogen-bond acceptors (Lipinski definition) is 2. The van der Waals surface area contributed by atoms with Crippen molar-refractivity contribution in [2.24, 2.45) is 0 Å². The number of alkyl halides is 1. The van der Waals surface area contributed by atoms with E-state index in [9.17, 15) is 9.50 Å². The molecule has 0 aliphatic heterocycles. The van der Waals surface area contributed by atoms with E-state index in [1.54, 1.807) is 6.07 Å². The molecule has 0 aliphatic carbocycles. The number of benzene rings is 1. The molecule has 5 heteroatoms. The van der Waals surface area contributed by atoms with E-state index in [0.29, 0.717) is 12.2 Å². The van der Waals surface area contributed by atoms with Crippen LogP contribution < -0.4 is 4.74 Å². The molecule has 1 rings (SSSR count). The molecule has 2 nitrogen and oxygen atoms in total. The van der Waals surface area contributed by atoms with Gasteiger partial charge in [0.15, 0.2) is 5.82 Å². The molecule has 0 heterocycles. The highest BCUT2D eigenvalue weighted by Gasteiger charge is 2.20. The summed E-state index contributed by atoms with van der Waals surface area (Å²) in [6.45, 7) is 0. The SMILES string of the molecule is COc1ccc(Cl)c(F)c1[C@@H](O)CCI. The number of halogens is 3. The second-order valence-electron chi connectivity index (χ2n) is 2.97. The van der Waals surface area contributed by atoms with Gasteiger partial charge in [-0.05, 0) is 18.6 Å². The molecule has 0 radical (unpaired) electrons. The summed E-state index contributed by atoms with van der Waals surface area (Å²) in [5, 5.41) is 9.75. The van der Waals surface area contributed by atoms with Crippen LogP contribution in [0.3, 0.4) is 0 Å². The standard InChI is InChI=1S/C10H11ClFIO2/c1-15-8-3-2-6(11)10(12)9(8)7(14)4-5-13/h2-3,7,14H,4-5H2,1H3/t7-/m0/s1. The van der Waals surface area contributed by atoms with Crippen LogP contribution >= 0.6 is 34.2 Å². The molecule has 1 atom stereocenters. The fourth-order valence-corrected chi connectivity index (χ4v) is 2.04. The Bertz CT molecular complexity index is 346. The van der Waals surface area contributed by atoms with Gasteiger partial charge in [-0.25, -0.2) is 4.39 Å². The van der Waals surface area contributed by atoms with Crippen LogP contribution in [0.2, 0.25) is 5.02 Å². The molecule has 1 aromatic carbocycles. The van der Waals surface area contributed by atoms with Gasteiger partial charge in [-0.2, -0.15) is 0 Å². The molecule has 0 aliphatic rings. The first-order valence-corrected chi connectivity index (χ1v) is 6.28. The summed E-state index contributed by atoms with van der Waals surface area (Å²) >= 11 is 7.76. The van der Waals surface area contributed by atoms with Crippen molar-refractivity contribution in [3.8, 4) is 5.75 Å². The molecular weight excluding hydrogens is 333 g/mol. The first kappa shape index (κ1) is 13.0. The van der Waals surface area contributed by atoms with E-state index in [4.69, 9.17) is 16.3 Å². The zero-order chi connectivity index (χ0) is 11.4. The third-order valence-corrected chi connectivity index (χ3v) is 2.94. The normalized spacial score (nSPS) is 12.6. The molecule has 0 bridgehead atoms. The third kappa shape index (κ3) is 2.95. The van der Waals surface area contributed by atoms with Crippen molar-refractivity contribution < 1.29 is 14.2 Å². The lowest BCUT2D eigenvalue weighted by Gasteiger charge is -2.15. The van der Waals surface area contributed by atoms with E-state index in [1.807, 2.05) is 0 Å². The van der Waals surface area contributed by atoms with E-state index in [0.717, 1.165) is 4.43 Å². The van der Waals surface area contributed by atoms with Crippen LogP contribution in [0.1, 0.15) is 18.1 Å². The Balaban J connectivity index is 3.17. The Morgan fingerprint density at radius 3 is 2.80 bits per heavy atom. The van der Waals surface area contributed by atoms with Gasteiger partial charge in [-0.3, -0.25) is 0 Å². The van der Waals surface area contributed by atoms with Crippen molar-refractivity contribution in [1.29, 1.82) is 0 Å². The lowest BCUT2D eigenvalue weighted by molar-refractivity contribution is 0.166. The van der Waals surface area contributed by atoms with E-state index < -0.39 is 11.9 Å². The van der Waals surface area contributed by atoms with Crippen LogP contribution in [0.4, 0.5) is 4.39 Å². The van der Waals surface area contributed by atoms with Crippen LogP contribution in [-0.4, -0.2) is 16.6 Å². The highest BCUT2D eigenvalue weighted by molar-refractivity contribution is 14.1.